The average molecular weight is 250 g/mol. The van der Waals surface area contributed by atoms with Gasteiger partial charge in [-0.15, -0.1) is 5.10 Å². The summed E-state index contributed by atoms with van der Waals surface area (Å²) >= 11 is 0. The van der Waals surface area contributed by atoms with Gasteiger partial charge in [-0.3, -0.25) is 0 Å². The molecule has 18 heavy (non-hydrogen) atoms. The van der Waals surface area contributed by atoms with Gasteiger partial charge in [0.25, 0.3) is 0 Å². The Morgan fingerprint density at radius 3 is 2.83 bits per heavy atom. The third-order valence-corrected chi connectivity index (χ3v) is 2.46. The Labute approximate surface area is 104 Å². The number of nitrogens with two attached hydrogens (primary N) is 1. The molecule has 1 aromatic heterocycles. The molecule has 0 fully saturated rings. The first-order valence-electron chi connectivity index (χ1n) is 5.73. The van der Waals surface area contributed by atoms with E-state index in [-0.39, 0.29) is 11.9 Å². The zero-order valence-corrected chi connectivity index (χ0v) is 10.1. The Bertz CT molecular complexity index is 512. The Kier molecular flexibility index (Phi) is 3.88. The van der Waals surface area contributed by atoms with Gasteiger partial charge in [0, 0.05) is 6.54 Å². The van der Waals surface area contributed by atoms with E-state index in [1.807, 2.05) is 0 Å². The Hall–Kier alpha value is -1.95. The molecule has 0 bridgehead atoms. The standard InChI is InChI=1S/C12H15FN4O/c1-8(14)11-16-17-12(18-11)15-7-6-9-4-2-3-5-10(9)13/h2-5,8H,6-7,14H2,1H3,(H,15,17). The summed E-state index contributed by atoms with van der Waals surface area (Å²) in [6.07, 6.45) is 0.544. The van der Waals surface area contributed by atoms with Crippen molar-refractivity contribution in [2.24, 2.45) is 5.73 Å². The second-order valence-corrected chi connectivity index (χ2v) is 4.00. The highest BCUT2D eigenvalue weighted by molar-refractivity contribution is 5.21. The lowest BCUT2D eigenvalue weighted by molar-refractivity contribution is 0.472. The van der Waals surface area contributed by atoms with Crippen molar-refractivity contribution >= 4 is 6.01 Å². The van der Waals surface area contributed by atoms with Crippen molar-refractivity contribution in [1.29, 1.82) is 0 Å². The van der Waals surface area contributed by atoms with E-state index in [0.29, 0.717) is 30.4 Å². The minimum Gasteiger partial charge on any atom is -0.406 e. The molecular formula is C12H15FN4O. The summed E-state index contributed by atoms with van der Waals surface area (Å²) in [4.78, 5) is 0. The van der Waals surface area contributed by atoms with E-state index in [1.54, 1.807) is 25.1 Å². The van der Waals surface area contributed by atoms with Crippen LogP contribution in [0.15, 0.2) is 28.7 Å². The zero-order valence-electron chi connectivity index (χ0n) is 10.1. The average Bonchev–Trinajstić information content (AvgIpc) is 2.80. The SMILES string of the molecule is CC(N)c1nnc(NCCc2ccccc2F)o1. The Morgan fingerprint density at radius 1 is 1.39 bits per heavy atom. The third kappa shape index (κ3) is 3.04. The van der Waals surface area contributed by atoms with E-state index in [2.05, 4.69) is 15.5 Å². The molecule has 0 saturated carbocycles. The number of nitrogens with zero attached hydrogens (tertiary/aromatic N) is 2. The van der Waals surface area contributed by atoms with Crippen LogP contribution >= 0.6 is 0 Å². The van der Waals surface area contributed by atoms with Crippen molar-refractivity contribution in [3.8, 4) is 0 Å². The lowest BCUT2D eigenvalue weighted by Crippen LogP contribution is -2.06. The zero-order chi connectivity index (χ0) is 13.0. The number of hydrogen-bond donors (Lipinski definition) is 2. The molecule has 1 aromatic carbocycles. The van der Waals surface area contributed by atoms with Crippen LogP contribution in [-0.2, 0) is 6.42 Å². The van der Waals surface area contributed by atoms with E-state index >= 15 is 0 Å². The Balaban J connectivity index is 1.87. The summed E-state index contributed by atoms with van der Waals surface area (Å²) in [5, 5.41) is 10.5. The summed E-state index contributed by atoms with van der Waals surface area (Å²) < 4.78 is 18.6. The number of rotatable bonds is 5. The summed E-state index contributed by atoms with van der Waals surface area (Å²) in [6.45, 7) is 2.28. The fourth-order valence-corrected chi connectivity index (χ4v) is 1.50. The van der Waals surface area contributed by atoms with Crippen molar-refractivity contribution in [1.82, 2.24) is 10.2 Å². The third-order valence-electron chi connectivity index (χ3n) is 2.46. The monoisotopic (exact) mass is 250 g/mol. The highest BCUT2D eigenvalue weighted by Crippen LogP contribution is 2.12. The van der Waals surface area contributed by atoms with Gasteiger partial charge >= 0.3 is 6.01 Å². The second-order valence-electron chi connectivity index (χ2n) is 4.00. The van der Waals surface area contributed by atoms with Crippen LogP contribution in [0.1, 0.15) is 24.4 Å². The van der Waals surface area contributed by atoms with E-state index in [4.69, 9.17) is 10.2 Å². The summed E-state index contributed by atoms with van der Waals surface area (Å²) in [7, 11) is 0. The normalized spacial score (nSPS) is 12.4. The largest absolute Gasteiger partial charge is 0.406 e. The van der Waals surface area contributed by atoms with Crippen LogP contribution in [-0.4, -0.2) is 16.7 Å². The lowest BCUT2D eigenvalue weighted by Gasteiger charge is -2.03. The molecule has 1 atom stereocenters. The van der Waals surface area contributed by atoms with Crippen LogP contribution in [0.5, 0.6) is 0 Å². The minimum absolute atomic E-state index is 0.207. The number of anilines is 1. The van der Waals surface area contributed by atoms with E-state index in [1.165, 1.54) is 6.07 Å². The van der Waals surface area contributed by atoms with Crippen LogP contribution < -0.4 is 11.1 Å². The van der Waals surface area contributed by atoms with E-state index < -0.39 is 0 Å². The van der Waals surface area contributed by atoms with Gasteiger partial charge in [-0.05, 0) is 25.0 Å². The first-order chi connectivity index (χ1) is 8.66. The molecule has 0 radical (unpaired) electrons. The molecule has 0 aliphatic rings. The van der Waals surface area contributed by atoms with Crippen LogP contribution in [0.4, 0.5) is 10.4 Å². The maximum absolute atomic E-state index is 13.3. The van der Waals surface area contributed by atoms with Crippen LogP contribution in [0.25, 0.3) is 0 Å². The predicted octanol–water partition coefficient (Wildman–Crippen LogP) is 1.88. The van der Waals surface area contributed by atoms with Gasteiger partial charge in [-0.1, -0.05) is 23.3 Å². The van der Waals surface area contributed by atoms with Gasteiger partial charge in [0.1, 0.15) is 5.82 Å². The topological polar surface area (TPSA) is 77.0 Å². The number of nitrogens with one attached hydrogen (secondary N) is 1. The molecule has 96 valence electrons. The first kappa shape index (κ1) is 12.5. The molecule has 0 aliphatic carbocycles. The van der Waals surface area contributed by atoms with Crippen LogP contribution in [0, 0.1) is 5.82 Å². The van der Waals surface area contributed by atoms with Crippen molar-refractivity contribution < 1.29 is 8.81 Å². The smallest absolute Gasteiger partial charge is 0.315 e. The quantitative estimate of drug-likeness (QED) is 0.847. The highest BCUT2D eigenvalue weighted by atomic mass is 19.1. The summed E-state index contributed by atoms with van der Waals surface area (Å²) in [6, 6.07) is 6.67. The van der Waals surface area contributed by atoms with Gasteiger partial charge in [0.15, 0.2) is 0 Å². The molecule has 0 amide bonds. The molecule has 2 rings (SSSR count). The lowest BCUT2D eigenvalue weighted by atomic mass is 10.1. The number of benzene rings is 1. The fraction of sp³-hybridized carbons (Fsp3) is 0.333. The van der Waals surface area contributed by atoms with Crippen LogP contribution in [0.3, 0.4) is 0 Å². The number of halogens is 1. The van der Waals surface area contributed by atoms with Crippen molar-refractivity contribution in [2.45, 2.75) is 19.4 Å². The molecule has 0 saturated heterocycles. The highest BCUT2D eigenvalue weighted by Gasteiger charge is 2.09. The minimum atomic E-state index is -0.292. The Morgan fingerprint density at radius 2 is 2.17 bits per heavy atom. The van der Waals surface area contributed by atoms with Crippen molar-refractivity contribution in [3.05, 3.63) is 41.5 Å². The molecule has 5 nitrogen and oxygen atoms in total. The summed E-state index contributed by atoms with van der Waals surface area (Å²) in [5.41, 5.74) is 6.24. The molecule has 1 heterocycles. The van der Waals surface area contributed by atoms with E-state index in [9.17, 15) is 4.39 Å². The molecule has 6 heteroatoms. The van der Waals surface area contributed by atoms with Gasteiger partial charge in [0.2, 0.25) is 5.89 Å². The van der Waals surface area contributed by atoms with Gasteiger partial charge < -0.3 is 15.5 Å². The van der Waals surface area contributed by atoms with E-state index in [0.717, 1.165) is 0 Å². The van der Waals surface area contributed by atoms with Gasteiger partial charge in [-0.2, -0.15) is 0 Å². The molecule has 0 spiro atoms. The molecular weight excluding hydrogens is 235 g/mol. The molecule has 3 N–H and O–H groups in total. The maximum Gasteiger partial charge on any atom is 0.315 e. The second kappa shape index (κ2) is 5.59. The van der Waals surface area contributed by atoms with Crippen molar-refractivity contribution in [3.63, 3.8) is 0 Å². The van der Waals surface area contributed by atoms with Crippen LogP contribution in [0.2, 0.25) is 0 Å². The predicted molar refractivity (Wildman–Crippen MR) is 65.5 cm³/mol. The molecule has 1 unspecified atom stereocenters. The maximum atomic E-state index is 13.3. The van der Waals surface area contributed by atoms with Gasteiger partial charge in [0.05, 0.1) is 6.04 Å². The number of hydrogen-bond acceptors (Lipinski definition) is 5. The molecule has 2 aromatic rings. The summed E-state index contributed by atoms with van der Waals surface area (Å²) in [5.74, 6) is 0.171. The van der Waals surface area contributed by atoms with Gasteiger partial charge in [-0.25, -0.2) is 4.39 Å². The first-order valence-corrected chi connectivity index (χ1v) is 5.73. The number of aromatic nitrogens is 2. The van der Waals surface area contributed by atoms with Crippen molar-refractivity contribution in [2.75, 3.05) is 11.9 Å². The fourth-order valence-electron chi connectivity index (χ4n) is 1.50. The molecule has 0 aliphatic heterocycles.